The summed E-state index contributed by atoms with van der Waals surface area (Å²) in [5.41, 5.74) is 9.01. The fourth-order valence-electron chi connectivity index (χ4n) is 1.97. The second kappa shape index (κ2) is 6.01. The van der Waals surface area contributed by atoms with Crippen LogP contribution in [-0.4, -0.2) is 12.1 Å². The first-order chi connectivity index (χ1) is 9.52. The maximum atomic E-state index is 5.95. The van der Waals surface area contributed by atoms with Gasteiger partial charge in [0.05, 0.1) is 23.5 Å². The van der Waals surface area contributed by atoms with Gasteiger partial charge in [-0.1, -0.05) is 11.6 Å². The van der Waals surface area contributed by atoms with E-state index in [0.29, 0.717) is 23.1 Å². The average Bonchev–Trinajstić information content (AvgIpc) is 2.42. The minimum Gasteiger partial charge on any atom is -0.496 e. The molecule has 0 saturated heterocycles. The third-order valence-corrected chi connectivity index (χ3v) is 3.42. The summed E-state index contributed by atoms with van der Waals surface area (Å²) < 4.78 is 11.1. The smallest absolute Gasteiger partial charge is 0.131 e. The topological polar surface area (TPSA) is 57.4 Å². The molecule has 0 aliphatic rings. The van der Waals surface area contributed by atoms with Crippen molar-refractivity contribution in [2.75, 3.05) is 12.8 Å². The zero-order valence-corrected chi connectivity index (χ0v) is 12.5. The number of hydrogen-bond acceptors (Lipinski definition) is 4. The second-order valence-electron chi connectivity index (χ2n) is 4.52. The Morgan fingerprint density at radius 1 is 1.30 bits per heavy atom. The van der Waals surface area contributed by atoms with E-state index >= 15 is 0 Å². The van der Waals surface area contributed by atoms with Gasteiger partial charge in [0.25, 0.3) is 0 Å². The van der Waals surface area contributed by atoms with E-state index in [2.05, 4.69) is 4.98 Å². The number of nitrogens with two attached hydrogens (primary N) is 1. The van der Waals surface area contributed by atoms with Gasteiger partial charge in [0.1, 0.15) is 18.1 Å². The third-order valence-electron chi connectivity index (χ3n) is 3.10. The highest BCUT2D eigenvalue weighted by Gasteiger charge is 2.10. The van der Waals surface area contributed by atoms with E-state index in [0.717, 1.165) is 22.6 Å². The van der Waals surface area contributed by atoms with E-state index < -0.39 is 0 Å². The van der Waals surface area contributed by atoms with Crippen LogP contribution < -0.4 is 15.2 Å². The van der Waals surface area contributed by atoms with Crippen molar-refractivity contribution in [3.63, 3.8) is 0 Å². The Morgan fingerprint density at radius 2 is 2.05 bits per heavy atom. The standard InChI is InChI=1S/C15H17ClN2O2/c1-9-7-18-14(10(2)15(9)19-3)8-20-11-4-5-13(17)12(16)6-11/h4-7H,8,17H2,1-3H3. The number of ether oxygens (including phenoxy) is 2. The number of hydrogen-bond donors (Lipinski definition) is 1. The van der Waals surface area contributed by atoms with E-state index in [4.69, 9.17) is 26.8 Å². The summed E-state index contributed by atoms with van der Waals surface area (Å²) in [7, 11) is 1.65. The van der Waals surface area contributed by atoms with Crippen molar-refractivity contribution in [3.05, 3.63) is 46.2 Å². The van der Waals surface area contributed by atoms with Gasteiger partial charge < -0.3 is 15.2 Å². The predicted octanol–water partition coefficient (Wildman–Crippen LogP) is 3.52. The number of aryl methyl sites for hydroxylation is 1. The van der Waals surface area contributed by atoms with Crippen molar-refractivity contribution in [3.8, 4) is 11.5 Å². The Morgan fingerprint density at radius 3 is 2.70 bits per heavy atom. The molecule has 20 heavy (non-hydrogen) atoms. The van der Waals surface area contributed by atoms with Gasteiger partial charge in [0, 0.05) is 23.4 Å². The lowest BCUT2D eigenvalue weighted by Crippen LogP contribution is -2.04. The highest BCUT2D eigenvalue weighted by molar-refractivity contribution is 6.33. The van der Waals surface area contributed by atoms with Gasteiger partial charge in [-0.15, -0.1) is 0 Å². The zero-order valence-electron chi connectivity index (χ0n) is 11.7. The summed E-state index contributed by atoms with van der Waals surface area (Å²) >= 11 is 5.95. The lowest BCUT2D eigenvalue weighted by atomic mass is 10.1. The van der Waals surface area contributed by atoms with Gasteiger partial charge in [-0.2, -0.15) is 0 Å². The number of nitrogen functional groups attached to an aromatic ring is 1. The lowest BCUT2D eigenvalue weighted by Gasteiger charge is -2.13. The third kappa shape index (κ3) is 2.96. The molecule has 0 bridgehead atoms. The molecule has 2 aromatic rings. The number of nitrogens with zero attached hydrogens (tertiary/aromatic N) is 1. The number of rotatable bonds is 4. The molecule has 1 heterocycles. The lowest BCUT2D eigenvalue weighted by molar-refractivity contribution is 0.299. The molecule has 0 amide bonds. The molecular formula is C15H17ClN2O2. The van der Waals surface area contributed by atoms with Gasteiger partial charge in [0.2, 0.25) is 0 Å². The van der Waals surface area contributed by atoms with Crippen molar-refractivity contribution in [2.45, 2.75) is 20.5 Å². The second-order valence-corrected chi connectivity index (χ2v) is 4.93. The number of benzene rings is 1. The molecule has 2 rings (SSSR count). The first-order valence-corrected chi connectivity index (χ1v) is 6.57. The Balaban J connectivity index is 2.16. The van der Waals surface area contributed by atoms with E-state index in [1.54, 1.807) is 31.5 Å². The summed E-state index contributed by atoms with van der Waals surface area (Å²) in [6, 6.07) is 5.19. The van der Waals surface area contributed by atoms with Gasteiger partial charge in [-0.05, 0) is 26.0 Å². The summed E-state index contributed by atoms with van der Waals surface area (Å²) in [5.74, 6) is 1.50. The Bertz CT molecular complexity index is 630. The molecule has 4 nitrogen and oxygen atoms in total. The summed E-state index contributed by atoms with van der Waals surface area (Å²) in [6.07, 6.45) is 1.78. The Labute approximate surface area is 123 Å². The van der Waals surface area contributed by atoms with Crippen molar-refractivity contribution in [2.24, 2.45) is 0 Å². The summed E-state index contributed by atoms with van der Waals surface area (Å²) in [6.45, 7) is 4.28. The van der Waals surface area contributed by atoms with Crippen LogP contribution in [-0.2, 0) is 6.61 Å². The summed E-state index contributed by atoms with van der Waals surface area (Å²) in [5, 5.41) is 0.480. The average molecular weight is 293 g/mol. The van der Waals surface area contributed by atoms with Gasteiger partial charge in [-0.3, -0.25) is 4.98 Å². The number of pyridine rings is 1. The molecule has 106 valence electrons. The minimum atomic E-state index is 0.350. The molecule has 1 aromatic carbocycles. The SMILES string of the molecule is COc1c(C)cnc(COc2ccc(N)c(Cl)c2)c1C. The Kier molecular flexibility index (Phi) is 4.35. The van der Waals surface area contributed by atoms with Crippen LogP contribution in [0.4, 0.5) is 5.69 Å². The molecule has 0 spiro atoms. The van der Waals surface area contributed by atoms with Crippen molar-refractivity contribution in [1.82, 2.24) is 4.98 Å². The Hall–Kier alpha value is -1.94. The molecule has 0 aliphatic carbocycles. The van der Waals surface area contributed by atoms with Crippen molar-refractivity contribution >= 4 is 17.3 Å². The molecule has 2 N–H and O–H groups in total. The normalized spacial score (nSPS) is 10.4. The van der Waals surface area contributed by atoms with Gasteiger partial charge in [0.15, 0.2) is 0 Å². The van der Waals surface area contributed by atoms with E-state index in [1.165, 1.54) is 0 Å². The van der Waals surface area contributed by atoms with Crippen LogP contribution in [0.3, 0.4) is 0 Å². The van der Waals surface area contributed by atoms with E-state index in [-0.39, 0.29) is 0 Å². The number of anilines is 1. The fourth-order valence-corrected chi connectivity index (χ4v) is 2.14. The fraction of sp³-hybridized carbons (Fsp3) is 0.267. The van der Waals surface area contributed by atoms with Crippen molar-refractivity contribution in [1.29, 1.82) is 0 Å². The van der Waals surface area contributed by atoms with Crippen LogP contribution in [0.25, 0.3) is 0 Å². The first-order valence-electron chi connectivity index (χ1n) is 6.19. The molecule has 0 unspecified atom stereocenters. The molecule has 0 radical (unpaired) electrons. The summed E-state index contributed by atoms with van der Waals surface area (Å²) in [4.78, 5) is 4.38. The highest BCUT2D eigenvalue weighted by atomic mass is 35.5. The first kappa shape index (κ1) is 14.5. The monoisotopic (exact) mass is 292 g/mol. The number of methoxy groups -OCH3 is 1. The van der Waals surface area contributed by atoms with Crippen LogP contribution in [0.2, 0.25) is 5.02 Å². The molecule has 0 fully saturated rings. The van der Waals surface area contributed by atoms with Crippen LogP contribution >= 0.6 is 11.6 Å². The number of halogens is 1. The van der Waals surface area contributed by atoms with Crippen LogP contribution in [0.1, 0.15) is 16.8 Å². The maximum absolute atomic E-state index is 5.95. The van der Waals surface area contributed by atoms with Gasteiger partial charge in [-0.25, -0.2) is 0 Å². The quantitative estimate of drug-likeness (QED) is 0.876. The highest BCUT2D eigenvalue weighted by Crippen LogP contribution is 2.27. The maximum Gasteiger partial charge on any atom is 0.131 e. The molecule has 5 heteroatoms. The number of aromatic nitrogens is 1. The van der Waals surface area contributed by atoms with Crippen LogP contribution in [0.15, 0.2) is 24.4 Å². The van der Waals surface area contributed by atoms with E-state index in [1.807, 2.05) is 13.8 Å². The minimum absolute atomic E-state index is 0.350. The van der Waals surface area contributed by atoms with Crippen molar-refractivity contribution < 1.29 is 9.47 Å². The van der Waals surface area contributed by atoms with Gasteiger partial charge >= 0.3 is 0 Å². The molecule has 0 aliphatic heterocycles. The molecular weight excluding hydrogens is 276 g/mol. The van der Waals surface area contributed by atoms with E-state index in [9.17, 15) is 0 Å². The van der Waals surface area contributed by atoms with Crippen LogP contribution in [0.5, 0.6) is 11.5 Å². The predicted molar refractivity (Wildman–Crippen MR) is 80.5 cm³/mol. The zero-order chi connectivity index (χ0) is 14.7. The largest absolute Gasteiger partial charge is 0.496 e. The molecule has 0 saturated carbocycles. The van der Waals surface area contributed by atoms with Crippen LogP contribution in [0, 0.1) is 13.8 Å². The molecule has 0 atom stereocenters. The molecule has 1 aromatic heterocycles.